The van der Waals surface area contributed by atoms with Gasteiger partial charge in [0, 0.05) is 77.2 Å². The SMILES string of the molecule is c1ccc(-c2ccccc2-c2ccc3c(c2)c2cc(-c4ccccc4-c4ccccc4)ccc2n3-c2ccc(N(c3ccccc3)c3c4ccccc4c(N(c4ccccc4)c4ccc(-n5c6ccc(-c7ccccc7-c7ccccc7)cc6c6cc(-c7ccccc7-c7ccccc7)ccc65)cc4)c4ccccc34)cc2)cc1. The topological polar surface area (TPSA) is 16.3 Å². The van der Waals surface area contributed by atoms with E-state index in [0.717, 1.165) is 89.1 Å². The van der Waals surface area contributed by atoms with Gasteiger partial charge in [-0.05, 0) is 210 Å². The molecule has 0 radical (unpaired) electrons. The summed E-state index contributed by atoms with van der Waals surface area (Å²) >= 11 is 0. The molecule has 0 spiro atoms. The van der Waals surface area contributed by atoms with E-state index in [-0.39, 0.29) is 0 Å². The zero-order valence-electron chi connectivity index (χ0n) is 62.5. The fourth-order valence-corrected chi connectivity index (χ4v) is 17.7. The fourth-order valence-electron chi connectivity index (χ4n) is 17.7. The number of para-hydroxylation sites is 2. The lowest BCUT2D eigenvalue weighted by molar-refractivity contribution is 1.17. The molecule has 21 rings (SSSR count). The molecule has 0 fully saturated rings. The molecule has 21 aromatic rings. The van der Waals surface area contributed by atoms with E-state index in [4.69, 9.17) is 0 Å². The van der Waals surface area contributed by atoms with Crippen LogP contribution in [-0.4, -0.2) is 9.13 Å². The predicted octanol–water partition coefficient (Wildman–Crippen LogP) is 30.5. The number of hydrogen-bond acceptors (Lipinski definition) is 2. The van der Waals surface area contributed by atoms with Gasteiger partial charge in [-0.2, -0.15) is 0 Å². The fraction of sp³-hybridized carbons (Fsp3) is 0. The minimum atomic E-state index is 1.04. The van der Waals surface area contributed by atoms with Crippen LogP contribution in [0.3, 0.4) is 0 Å². The van der Waals surface area contributed by atoms with Gasteiger partial charge >= 0.3 is 0 Å². The molecule has 0 N–H and O–H groups in total. The summed E-state index contributed by atoms with van der Waals surface area (Å²) in [7, 11) is 0. The van der Waals surface area contributed by atoms with Crippen molar-refractivity contribution in [2.75, 3.05) is 9.80 Å². The molecule has 534 valence electrons. The second kappa shape index (κ2) is 28.7. The molecule has 4 nitrogen and oxygen atoms in total. The molecule has 0 atom stereocenters. The van der Waals surface area contributed by atoms with Crippen molar-refractivity contribution in [2.24, 2.45) is 0 Å². The van der Waals surface area contributed by atoms with Crippen LogP contribution in [0.2, 0.25) is 0 Å². The van der Waals surface area contributed by atoms with Crippen LogP contribution >= 0.6 is 0 Å². The molecule has 114 heavy (non-hydrogen) atoms. The quantitative estimate of drug-likeness (QED) is 0.0708. The number of benzene rings is 19. The molecule has 2 aromatic heterocycles. The van der Waals surface area contributed by atoms with Crippen molar-refractivity contribution >= 4 is 99.3 Å². The van der Waals surface area contributed by atoms with Gasteiger partial charge in [0.05, 0.1) is 33.4 Å². The van der Waals surface area contributed by atoms with Crippen molar-refractivity contribution in [1.82, 2.24) is 9.13 Å². The molecule has 4 heteroatoms. The maximum Gasteiger partial charge on any atom is 0.0619 e. The van der Waals surface area contributed by atoms with Crippen LogP contribution in [0.5, 0.6) is 0 Å². The van der Waals surface area contributed by atoms with E-state index >= 15 is 0 Å². The van der Waals surface area contributed by atoms with E-state index in [0.29, 0.717) is 0 Å². The summed E-state index contributed by atoms with van der Waals surface area (Å²) in [6.45, 7) is 0. The Morgan fingerprint density at radius 3 is 0.570 bits per heavy atom. The normalized spacial score (nSPS) is 11.5. The molecule has 0 bridgehead atoms. The number of fused-ring (bicyclic) bond motifs is 8. The van der Waals surface area contributed by atoms with Crippen molar-refractivity contribution in [3.63, 3.8) is 0 Å². The third-order valence-electron chi connectivity index (χ3n) is 22.9. The second-order valence-electron chi connectivity index (χ2n) is 29.4. The summed E-state index contributed by atoms with van der Waals surface area (Å²) in [6, 6.07) is 165. The zero-order chi connectivity index (χ0) is 75.4. The van der Waals surface area contributed by atoms with Gasteiger partial charge in [0.25, 0.3) is 0 Å². The highest BCUT2D eigenvalue weighted by Gasteiger charge is 2.28. The lowest BCUT2D eigenvalue weighted by Crippen LogP contribution is -2.14. The third kappa shape index (κ3) is 11.8. The summed E-state index contributed by atoms with van der Waals surface area (Å²) in [6.07, 6.45) is 0. The number of aromatic nitrogens is 2. The summed E-state index contributed by atoms with van der Waals surface area (Å²) in [5.74, 6) is 0. The standard InChI is InChI=1S/C110H74N4/c1-7-31-75(32-8-1)89-43-19-23-47-93(89)79-55-67-105-101(71-79)102-72-80(94-48-24-20-44-90(94)76-33-9-2-10-34-76)56-68-106(102)113(105)87-63-59-85(60-64-87)111(83-39-15-5-16-40-83)109-97-51-27-29-53-99(97)110(100-54-30-28-52-98(100)109)112(84-41-17-6-18-42-84)86-61-65-88(66-62-86)114-107-69-57-81(95-49-25-21-45-91(95)77-35-11-3-12-36-77)73-103(107)104-74-82(58-70-108(104)114)96-50-26-22-46-92(96)78-37-13-4-14-38-78/h1-74H. The molecule has 0 saturated heterocycles. The van der Waals surface area contributed by atoms with Gasteiger partial charge in [0.1, 0.15) is 0 Å². The van der Waals surface area contributed by atoms with Crippen molar-refractivity contribution in [3.8, 4) is 100 Å². The molecular formula is C110H74N4. The van der Waals surface area contributed by atoms with Crippen molar-refractivity contribution in [1.29, 1.82) is 0 Å². The average molecular weight is 1450 g/mol. The first-order chi connectivity index (χ1) is 56.6. The smallest absolute Gasteiger partial charge is 0.0619 e. The highest BCUT2D eigenvalue weighted by Crippen LogP contribution is 2.53. The van der Waals surface area contributed by atoms with Gasteiger partial charge in [0.2, 0.25) is 0 Å². The van der Waals surface area contributed by atoms with Gasteiger partial charge in [-0.1, -0.05) is 328 Å². The van der Waals surface area contributed by atoms with E-state index in [2.05, 4.69) is 468 Å². The Kier molecular flexibility index (Phi) is 16.9. The molecule has 0 aliphatic rings. The molecule has 19 aromatic carbocycles. The monoisotopic (exact) mass is 1450 g/mol. The minimum Gasteiger partial charge on any atom is -0.309 e. The maximum absolute atomic E-state index is 2.47. The van der Waals surface area contributed by atoms with Crippen molar-refractivity contribution in [2.45, 2.75) is 0 Å². The number of hydrogen-bond donors (Lipinski definition) is 0. The van der Waals surface area contributed by atoms with Crippen LogP contribution in [0, 0.1) is 0 Å². The first kappa shape index (κ1) is 67.0. The lowest BCUT2D eigenvalue weighted by Gasteiger charge is -2.33. The Bertz CT molecular complexity index is 6400. The van der Waals surface area contributed by atoms with E-state index in [9.17, 15) is 0 Å². The first-order valence-electron chi connectivity index (χ1n) is 39.2. The van der Waals surface area contributed by atoms with Crippen molar-refractivity contribution in [3.05, 3.63) is 449 Å². The molecule has 0 unspecified atom stereocenters. The molecule has 0 saturated carbocycles. The van der Waals surface area contributed by atoms with E-state index in [1.807, 2.05) is 0 Å². The number of anilines is 6. The molecule has 0 amide bonds. The maximum atomic E-state index is 2.47. The zero-order valence-corrected chi connectivity index (χ0v) is 62.5. The largest absolute Gasteiger partial charge is 0.309 e. The van der Waals surface area contributed by atoms with Crippen LogP contribution in [0.15, 0.2) is 449 Å². The van der Waals surface area contributed by atoms with Crippen molar-refractivity contribution < 1.29 is 0 Å². The summed E-state index contributed by atoms with van der Waals surface area (Å²) in [5.41, 5.74) is 32.1. The van der Waals surface area contributed by atoms with Gasteiger partial charge in [-0.25, -0.2) is 0 Å². The van der Waals surface area contributed by atoms with E-state index in [1.165, 1.54) is 111 Å². The van der Waals surface area contributed by atoms with Crippen LogP contribution < -0.4 is 9.80 Å². The molecular weight excluding hydrogens is 1380 g/mol. The van der Waals surface area contributed by atoms with Gasteiger partial charge in [-0.15, -0.1) is 0 Å². The Morgan fingerprint density at radius 2 is 0.333 bits per heavy atom. The minimum absolute atomic E-state index is 1.04. The Balaban J connectivity index is 0.701. The number of rotatable bonds is 16. The van der Waals surface area contributed by atoms with Crippen LogP contribution in [0.25, 0.3) is 166 Å². The van der Waals surface area contributed by atoms with E-state index < -0.39 is 0 Å². The highest BCUT2D eigenvalue weighted by molar-refractivity contribution is 6.24. The lowest BCUT2D eigenvalue weighted by atomic mass is 9.92. The van der Waals surface area contributed by atoms with Gasteiger partial charge in [-0.3, -0.25) is 0 Å². The number of nitrogens with zero attached hydrogens (tertiary/aromatic N) is 4. The first-order valence-corrected chi connectivity index (χ1v) is 39.2. The molecule has 2 heterocycles. The van der Waals surface area contributed by atoms with Crippen LogP contribution in [0.1, 0.15) is 0 Å². The van der Waals surface area contributed by atoms with Crippen LogP contribution in [-0.2, 0) is 0 Å². The molecule has 0 aliphatic heterocycles. The highest BCUT2D eigenvalue weighted by atomic mass is 15.2. The summed E-state index contributed by atoms with van der Waals surface area (Å²) < 4.78 is 4.92. The Labute approximate surface area is 663 Å². The Morgan fingerprint density at radius 1 is 0.140 bits per heavy atom. The summed E-state index contributed by atoms with van der Waals surface area (Å²) in [5, 5.41) is 9.23. The average Bonchev–Trinajstić information content (AvgIpc) is 0.955. The summed E-state index contributed by atoms with van der Waals surface area (Å²) in [4.78, 5) is 4.95. The third-order valence-corrected chi connectivity index (χ3v) is 22.9. The molecule has 0 aliphatic carbocycles. The van der Waals surface area contributed by atoms with Gasteiger partial charge < -0.3 is 18.9 Å². The predicted molar refractivity (Wildman–Crippen MR) is 483 cm³/mol. The Hall–Kier alpha value is -15.1. The second-order valence-corrected chi connectivity index (χ2v) is 29.4. The van der Waals surface area contributed by atoms with E-state index in [1.54, 1.807) is 0 Å². The van der Waals surface area contributed by atoms with Gasteiger partial charge in [0.15, 0.2) is 0 Å². The van der Waals surface area contributed by atoms with Crippen LogP contribution in [0.4, 0.5) is 34.1 Å².